The molecule has 0 saturated carbocycles. The van der Waals surface area contributed by atoms with E-state index in [1.54, 1.807) is 0 Å². The number of hydrogen-bond donors (Lipinski definition) is 1. The van der Waals surface area contributed by atoms with Gasteiger partial charge in [-0.25, -0.2) is 9.79 Å². The van der Waals surface area contributed by atoms with Crippen molar-refractivity contribution in [3.8, 4) is 0 Å². The summed E-state index contributed by atoms with van der Waals surface area (Å²) < 4.78 is 0. The van der Waals surface area contributed by atoms with Crippen LogP contribution in [0.3, 0.4) is 0 Å². The van der Waals surface area contributed by atoms with E-state index in [0.29, 0.717) is 0 Å². The van der Waals surface area contributed by atoms with E-state index in [2.05, 4.69) is 28.5 Å². The fourth-order valence-corrected chi connectivity index (χ4v) is 0.827. The summed E-state index contributed by atoms with van der Waals surface area (Å²) in [4.78, 5) is 15.2. The molecule has 1 rings (SSSR count). The number of aromatic nitrogens is 2. The van der Waals surface area contributed by atoms with Crippen molar-refractivity contribution in [1.29, 1.82) is 0 Å². The number of rotatable bonds is 4. The quantitative estimate of drug-likeness (QED) is 0.720. The lowest BCUT2D eigenvalue weighted by Crippen LogP contribution is -1.95. The zero-order chi connectivity index (χ0) is 10.6. The van der Waals surface area contributed by atoms with Crippen molar-refractivity contribution >= 4 is 24.7 Å². The number of aliphatic imine (C=N–C) groups is 1. The summed E-state index contributed by atoms with van der Waals surface area (Å²) in [6.45, 7) is 6.66. The maximum atomic E-state index is 10.7. The SMILES string of the molecule is C=C/C=N\n1ncc(C(=O)O)c1N=C. The van der Waals surface area contributed by atoms with Crippen molar-refractivity contribution in [3.05, 3.63) is 24.4 Å². The molecule has 0 atom stereocenters. The van der Waals surface area contributed by atoms with Crippen LogP contribution in [0.4, 0.5) is 5.82 Å². The Morgan fingerprint density at radius 2 is 2.43 bits per heavy atom. The average Bonchev–Trinajstić information content (AvgIpc) is 2.57. The molecular formula is C8H8N4O2. The Morgan fingerprint density at radius 1 is 1.71 bits per heavy atom. The van der Waals surface area contributed by atoms with Crippen molar-refractivity contribution in [3.63, 3.8) is 0 Å². The zero-order valence-corrected chi connectivity index (χ0v) is 7.29. The average molecular weight is 192 g/mol. The normalized spacial score (nSPS) is 10.3. The standard InChI is InChI=1S/C8H8N4O2/c1-3-4-10-12-7(9-2)6(5-11-12)8(13)14/h3-5H,1-2H2,(H,13,14)/b10-4-. The molecule has 1 aromatic rings. The lowest BCUT2D eigenvalue weighted by atomic mass is 10.3. The second kappa shape index (κ2) is 4.13. The molecule has 0 aromatic carbocycles. The molecule has 0 unspecified atom stereocenters. The molecule has 0 fully saturated rings. The van der Waals surface area contributed by atoms with Crippen LogP contribution in [0, 0.1) is 0 Å². The largest absolute Gasteiger partial charge is 0.477 e. The highest BCUT2D eigenvalue weighted by atomic mass is 16.4. The molecule has 0 aliphatic heterocycles. The molecule has 1 N–H and O–H groups in total. The van der Waals surface area contributed by atoms with Crippen molar-refractivity contribution in [1.82, 2.24) is 9.89 Å². The second-order valence-corrected chi connectivity index (χ2v) is 2.23. The van der Waals surface area contributed by atoms with Gasteiger partial charge in [-0.2, -0.15) is 10.2 Å². The lowest BCUT2D eigenvalue weighted by molar-refractivity contribution is 0.0698. The predicted octanol–water partition coefficient (Wildman–Crippen LogP) is 0.933. The van der Waals surface area contributed by atoms with E-state index in [0.717, 1.165) is 11.0 Å². The Labute approximate surface area is 79.9 Å². The highest BCUT2D eigenvalue weighted by Crippen LogP contribution is 2.17. The predicted molar refractivity (Wildman–Crippen MR) is 52.5 cm³/mol. The first-order valence-corrected chi connectivity index (χ1v) is 3.64. The van der Waals surface area contributed by atoms with Crippen LogP contribution in [0.25, 0.3) is 0 Å². The Kier molecular flexibility index (Phi) is 2.90. The first kappa shape index (κ1) is 9.85. The molecule has 0 saturated heterocycles. The van der Waals surface area contributed by atoms with E-state index in [-0.39, 0.29) is 11.4 Å². The lowest BCUT2D eigenvalue weighted by Gasteiger charge is -1.94. The van der Waals surface area contributed by atoms with Crippen molar-refractivity contribution in [2.45, 2.75) is 0 Å². The Hall–Kier alpha value is -2.24. The Bertz CT molecular complexity index is 405. The van der Waals surface area contributed by atoms with Gasteiger partial charge in [0.15, 0.2) is 5.82 Å². The van der Waals surface area contributed by atoms with Gasteiger partial charge in [0.2, 0.25) is 0 Å². The number of aromatic carboxylic acids is 1. The molecule has 72 valence electrons. The molecule has 6 heteroatoms. The number of nitrogens with zero attached hydrogens (tertiary/aromatic N) is 4. The Morgan fingerprint density at radius 3 is 2.93 bits per heavy atom. The minimum Gasteiger partial charge on any atom is -0.477 e. The van der Waals surface area contributed by atoms with E-state index in [1.165, 1.54) is 12.3 Å². The molecule has 0 radical (unpaired) electrons. The number of carbonyl (C=O) groups is 1. The number of carboxylic acid groups (broad SMARTS) is 1. The third kappa shape index (κ3) is 1.74. The van der Waals surface area contributed by atoms with Crippen LogP contribution in [0.5, 0.6) is 0 Å². The van der Waals surface area contributed by atoms with E-state index >= 15 is 0 Å². The fraction of sp³-hybridized carbons (Fsp3) is 0. The summed E-state index contributed by atoms with van der Waals surface area (Å²) in [7, 11) is 0. The van der Waals surface area contributed by atoms with Crippen LogP contribution in [0.1, 0.15) is 10.4 Å². The Balaban J connectivity index is 3.19. The molecule has 14 heavy (non-hydrogen) atoms. The molecule has 6 nitrogen and oxygen atoms in total. The van der Waals surface area contributed by atoms with Gasteiger partial charge in [-0.3, -0.25) is 0 Å². The van der Waals surface area contributed by atoms with Crippen LogP contribution in [-0.4, -0.2) is 33.9 Å². The molecular weight excluding hydrogens is 184 g/mol. The van der Waals surface area contributed by atoms with Crippen LogP contribution in [0.2, 0.25) is 0 Å². The van der Waals surface area contributed by atoms with Crippen LogP contribution in [0.15, 0.2) is 28.9 Å². The van der Waals surface area contributed by atoms with Crippen molar-refractivity contribution < 1.29 is 9.90 Å². The minimum atomic E-state index is -1.12. The van der Waals surface area contributed by atoms with Gasteiger partial charge in [0.25, 0.3) is 0 Å². The molecule has 0 amide bonds. The van der Waals surface area contributed by atoms with Gasteiger partial charge in [-0.15, -0.1) is 4.79 Å². The highest BCUT2D eigenvalue weighted by Gasteiger charge is 2.14. The topological polar surface area (TPSA) is 79.8 Å². The number of hydrogen-bond acceptors (Lipinski definition) is 4. The third-order valence-electron chi connectivity index (χ3n) is 1.39. The summed E-state index contributed by atoms with van der Waals surface area (Å²) in [6, 6.07) is 0. The molecule has 0 aliphatic carbocycles. The van der Waals surface area contributed by atoms with Gasteiger partial charge in [0, 0.05) is 6.21 Å². The maximum absolute atomic E-state index is 10.7. The van der Waals surface area contributed by atoms with Crippen molar-refractivity contribution in [2.75, 3.05) is 0 Å². The first-order chi connectivity index (χ1) is 6.70. The van der Waals surface area contributed by atoms with Crippen molar-refractivity contribution in [2.24, 2.45) is 10.1 Å². The molecule has 0 aliphatic rings. The molecule has 1 heterocycles. The minimum absolute atomic E-state index is 0.0405. The summed E-state index contributed by atoms with van der Waals surface area (Å²) in [5.74, 6) is -1.02. The van der Waals surface area contributed by atoms with Gasteiger partial charge >= 0.3 is 5.97 Å². The van der Waals surface area contributed by atoms with Crippen LogP contribution >= 0.6 is 0 Å². The summed E-state index contributed by atoms with van der Waals surface area (Å²) in [6.07, 6.45) is 3.97. The first-order valence-electron chi connectivity index (χ1n) is 3.64. The smallest absolute Gasteiger partial charge is 0.341 e. The highest BCUT2D eigenvalue weighted by molar-refractivity contribution is 5.92. The maximum Gasteiger partial charge on any atom is 0.341 e. The summed E-state index contributed by atoms with van der Waals surface area (Å²) in [5, 5.41) is 16.2. The van der Waals surface area contributed by atoms with Gasteiger partial charge in [-0.05, 0) is 12.8 Å². The van der Waals surface area contributed by atoms with E-state index in [4.69, 9.17) is 5.11 Å². The molecule has 1 aromatic heterocycles. The summed E-state index contributed by atoms with van der Waals surface area (Å²) >= 11 is 0. The van der Waals surface area contributed by atoms with E-state index < -0.39 is 5.97 Å². The third-order valence-corrected chi connectivity index (χ3v) is 1.39. The molecule has 0 spiro atoms. The van der Waals surface area contributed by atoms with E-state index in [1.807, 2.05) is 0 Å². The van der Waals surface area contributed by atoms with Crippen LogP contribution in [-0.2, 0) is 0 Å². The van der Waals surface area contributed by atoms with Gasteiger partial charge in [0.1, 0.15) is 5.56 Å². The molecule has 0 bridgehead atoms. The second-order valence-electron chi connectivity index (χ2n) is 2.23. The fourth-order valence-electron chi connectivity index (χ4n) is 0.827. The monoisotopic (exact) mass is 192 g/mol. The summed E-state index contributed by atoms with van der Waals surface area (Å²) in [5.41, 5.74) is -0.0405. The van der Waals surface area contributed by atoms with Crippen LogP contribution < -0.4 is 0 Å². The number of allylic oxidation sites excluding steroid dienone is 1. The van der Waals surface area contributed by atoms with Gasteiger partial charge in [0.05, 0.1) is 6.20 Å². The van der Waals surface area contributed by atoms with E-state index in [9.17, 15) is 4.79 Å². The number of carboxylic acids is 1. The van der Waals surface area contributed by atoms with Gasteiger partial charge in [-0.1, -0.05) is 6.58 Å². The van der Waals surface area contributed by atoms with Gasteiger partial charge < -0.3 is 5.11 Å². The zero-order valence-electron chi connectivity index (χ0n) is 7.29.